The van der Waals surface area contributed by atoms with Gasteiger partial charge in [-0.2, -0.15) is 22.6 Å². The normalized spacial score (nSPS) is 12.9. The van der Waals surface area contributed by atoms with Gasteiger partial charge in [-0.25, -0.2) is 13.2 Å². The molecule has 1 rings (SSSR count). The third-order valence-electron chi connectivity index (χ3n) is 2.16. The van der Waals surface area contributed by atoms with Crippen LogP contribution < -0.4 is 0 Å². The van der Waals surface area contributed by atoms with E-state index in [1.165, 1.54) is 6.92 Å². The molecule has 0 aromatic carbocycles. The molecule has 0 radical (unpaired) electrons. The zero-order valence-electron chi connectivity index (χ0n) is 9.82. The van der Waals surface area contributed by atoms with Gasteiger partial charge in [0.05, 0.1) is 5.69 Å². The first kappa shape index (κ1) is 15.4. The Bertz CT molecular complexity index is 593. The minimum absolute atomic E-state index is 0.0251. The van der Waals surface area contributed by atoms with Crippen LogP contribution in [0, 0.1) is 6.92 Å². The Morgan fingerprint density at radius 2 is 2.00 bits per heavy atom. The second-order valence-electron chi connectivity index (χ2n) is 3.71. The van der Waals surface area contributed by atoms with Crippen molar-refractivity contribution < 1.29 is 31.5 Å². The van der Waals surface area contributed by atoms with E-state index in [0.717, 1.165) is 0 Å². The van der Waals surface area contributed by atoms with E-state index in [1.54, 1.807) is 0 Å². The van der Waals surface area contributed by atoms with Crippen molar-refractivity contribution in [2.75, 3.05) is 13.6 Å². The van der Waals surface area contributed by atoms with Crippen LogP contribution in [0.15, 0.2) is 4.90 Å². The molecule has 0 saturated heterocycles. The number of H-pyrrole nitrogens is 1. The number of nitrogens with zero attached hydrogens (tertiary/aromatic N) is 2. The second kappa shape index (κ2) is 4.81. The summed E-state index contributed by atoms with van der Waals surface area (Å²) in [6.45, 7) is -0.521. The fourth-order valence-corrected chi connectivity index (χ4v) is 2.81. The molecule has 1 aromatic rings. The van der Waals surface area contributed by atoms with Gasteiger partial charge in [0.25, 0.3) is 0 Å². The number of aromatic nitrogens is 2. The number of halogens is 3. The summed E-state index contributed by atoms with van der Waals surface area (Å²) in [4.78, 5) is 10.0. The smallest absolute Gasteiger partial charge is 0.402 e. The fourth-order valence-electron chi connectivity index (χ4n) is 1.37. The van der Waals surface area contributed by atoms with Crippen molar-refractivity contribution in [3.8, 4) is 0 Å². The molecular formula is C8H10F3N3O4S. The van der Waals surface area contributed by atoms with Crippen molar-refractivity contribution >= 4 is 16.0 Å². The average Bonchev–Trinajstić information content (AvgIpc) is 2.57. The maximum atomic E-state index is 12.2. The van der Waals surface area contributed by atoms with Gasteiger partial charge in [0.2, 0.25) is 10.0 Å². The highest BCUT2D eigenvalue weighted by atomic mass is 32.2. The van der Waals surface area contributed by atoms with E-state index in [1.807, 2.05) is 0 Å². The van der Waals surface area contributed by atoms with E-state index >= 15 is 0 Å². The van der Waals surface area contributed by atoms with Crippen molar-refractivity contribution in [1.82, 2.24) is 14.5 Å². The topological polar surface area (TPSA) is 103 Å². The van der Waals surface area contributed by atoms with Gasteiger partial charge in [-0.3, -0.25) is 5.10 Å². The third-order valence-corrected chi connectivity index (χ3v) is 4.13. The van der Waals surface area contributed by atoms with Crippen LogP contribution in [0.4, 0.5) is 13.2 Å². The van der Waals surface area contributed by atoms with Crippen LogP contribution in [0.3, 0.4) is 0 Å². The molecular weight excluding hydrogens is 291 g/mol. The molecule has 0 atom stereocenters. The number of aryl methyl sites for hydroxylation is 1. The number of carbonyl (C=O) groups is 1. The fraction of sp³-hybridized carbons (Fsp3) is 0.500. The van der Waals surface area contributed by atoms with E-state index in [9.17, 15) is 26.4 Å². The number of sulfonamides is 1. The summed E-state index contributed by atoms with van der Waals surface area (Å²) in [7, 11) is -3.89. The molecule has 0 aliphatic heterocycles. The molecule has 19 heavy (non-hydrogen) atoms. The summed E-state index contributed by atoms with van der Waals surface area (Å²) in [5.41, 5.74) is -0.988. The van der Waals surface area contributed by atoms with Gasteiger partial charge in [-0.1, -0.05) is 0 Å². The summed E-state index contributed by atoms with van der Waals surface area (Å²) < 4.78 is 60.4. The Morgan fingerprint density at radius 1 is 1.47 bits per heavy atom. The van der Waals surface area contributed by atoms with Gasteiger partial charge in [0.15, 0.2) is 5.69 Å². The number of carboxylic acid groups (broad SMARTS) is 1. The monoisotopic (exact) mass is 301 g/mol. The maximum Gasteiger partial charge on any atom is 0.402 e. The van der Waals surface area contributed by atoms with Crippen molar-refractivity contribution in [3.05, 3.63) is 11.4 Å². The molecule has 0 spiro atoms. The first-order valence-corrected chi connectivity index (χ1v) is 6.22. The molecule has 7 nitrogen and oxygen atoms in total. The molecule has 0 fully saturated rings. The van der Waals surface area contributed by atoms with Gasteiger partial charge >= 0.3 is 12.1 Å². The Hall–Kier alpha value is -1.62. The zero-order valence-corrected chi connectivity index (χ0v) is 10.6. The number of rotatable bonds is 4. The number of hydrogen-bond donors (Lipinski definition) is 2. The molecule has 0 amide bonds. The lowest BCUT2D eigenvalue weighted by Gasteiger charge is -2.18. The molecule has 1 heterocycles. The van der Waals surface area contributed by atoms with Crippen LogP contribution in [0.5, 0.6) is 0 Å². The predicted molar refractivity (Wildman–Crippen MR) is 56.2 cm³/mol. The number of nitrogens with one attached hydrogen (secondary N) is 1. The number of aromatic amines is 1. The molecule has 108 valence electrons. The summed E-state index contributed by atoms with van der Waals surface area (Å²) in [6, 6.07) is 0. The minimum Gasteiger partial charge on any atom is -0.476 e. The number of alkyl halides is 3. The predicted octanol–water partition coefficient (Wildman–Crippen LogP) is 0.599. The van der Waals surface area contributed by atoms with Crippen molar-refractivity contribution in [2.24, 2.45) is 0 Å². The van der Waals surface area contributed by atoms with Crippen LogP contribution in [0.25, 0.3) is 0 Å². The van der Waals surface area contributed by atoms with Gasteiger partial charge in [0, 0.05) is 7.05 Å². The van der Waals surface area contributed by atoms with Crippen LogP contribution in [-0.2, 0) is 10.0 Å². The van der Waals surface area contributed by atoms with Crippen LogP contribution in [0.2, 0.25) is 0 Å². The number of carboxylic acids is 1. The standard InChI is InChI=1S/C8H10F3N3O4S/c1-4-6(5(7(15)16)13-12-4)19(17,18)14(2)3-8(9,10)11/h3H2,1-2H3,(H,12,13)(H,15,16). The van der Waals surface area contributed by atoms with Crippen molar-refractivity contribution in [3.63, 3.8) is 0 Å². The highest BCUT2D eigenvalue weighted by Crippen LogP contribution is 2.24. The van der Waals surface area contributed by atoms with Gasteiger partial charge in [-0.05, 0) is 6.92 Å². The zero-order chi connectivity index (χ0) is 15.0. The highest BCUT2D eigenvalue weighted by molar-refractivity contribution is 7.89. The Kier molecular flexibility index (Phi) is 3.91. The SMILES string of the molecule is Cc1[nH]nc(C(=O)O)c1S(=O)(=O)N(C)CC(F)(F)F. The van der Waals surface area contributed by atoms with E-state index in [0.29, 0.717) is 7.05 Å². The van der Waals surface area contributed by atoms with Crippen LogP contribution >= 0.6 is 0 Å². The molecule has 2 N–H and O–H groups in total. The number of hydrogen-bond acceptors (Lipinski definition) is 4. The second-order valence-corrected chi connectivity index (χ2v) is 5.69. The third kappa shape index (κ3) is 3.23. The molecule has 0 aliphatic carbocycles. The summed E-state index contributed by atoms with van der Waals surface area (Å²) in [6.07, 6.45) is -4.73. The van der Waals surface area contributed by atoms with E-state index in [-0.39, 0.29) is 10.00 Å². The van der Waals surface area contributed by atoms with Crippen LogP contribution in [0.1, 0.15) is 16.2 Å². The van der Waals surface area contributed by atoms with Crippen molar-refractivity contribution in [2.45, 2.75) is 18.0 Å². The molecule has 0 bridgehead atoms. The van der Waals surface area contributed by atoms with E-state index in [4.69, 9.17) is 5.11 Å². The Balaban J connectivity index is 3.28. The summed E-state index contributed by atoms with van der Waals surface area (Å²) in [5.74, 6) is -1.65. The maximum absolute atomic E-state index is 12.2. The highest BCUT2D eigenvalue weighted by Gasteiger charge is 2.38. The molecule has 1 aromatic heterocycles. The van der Waals surface area contributed by atoms with E-state index < -0.39 is 39.3 Å². The number of aromatic carboxylic acids is 1. The average molecular weight is 301 g/mol. The lowest BCUT2D eigenvalue weighted by Crippen LogP contribution is -2.36. The van der Waals surface area contributed by atoms with E-state index in [2.05, 4.69) is 10.2 Å². The largest absolute Gasteiger partial charge is 0.476 e. The quantitative estimate of drug-likeness (QED) is 0.847. The lowest BCUT2D eigenvalue weighted by molar-refractivity contribution is -0.134. The van der Waals surface area contributed by atoms with Gasteiger partial charge in [0.1, 0.15) is 11.4 Å². The van der Waals surface area contributed by atoms with Crippen molar-refractivity contribution in [1.29, 1.82) is 0 Å². The lowest BCUT2D eigenvalue weighted by atomic mass is 10.4. The molecule has 0 saturated carbocycles. The first-order chi connectivity index (χ1) is 8.47. The minimum atomic E-state index is -4.73. The summed E-state index contributed by atoms with van der Waals surface area (Å²) >= 11 is 0. The van der Waals surface area contributed by atoms with Gasteiger partial charge < -0.3 is 5.11 Å². The van der Waals surface area contributed by atoms with Crippen LogP contribution in [-0.4, -0.2) is 53.8 Å². The Morgan fingerprint density at radius 3 is 2.42 bits per heavy atom. The van der Waals surface area contributed by atoms with Gasteiger partial charge in [-0.15, -0.1) is 0 Å². The molecule has 0 unspecified atom stereocenters. The Labute approximate surface area is 106 Å². The first-order valence-electron chi connectivity index (χ1n) is 4.78. The molecule has 0 aliphatic rings. The summed E-state index contributed by atoms with van der Waals surface area (Å²) in [5, 5.41) is 14.1. The molecule has 11 heteroatoms.